The zero-order valence-corrected chi connectivity index (χ0v) is 25.2. The highest BCUT2D eigenvalue weighted by Crippen LogP contribution is 2.27. The van der Waals surface area contributed by atoms with E-state index in [2.05, 4.69) is 5.32 Å². The van der Waals surface area contributed by atoms with Crippen LogP contribution < -0.4 is 14.4 Å². The molecule has 0 saturated heterocycles. The van der Waals surface area contributed by atoms with Crippen molar-refractivity contribution in [2.75, 3.05) is 17.5 Å². The van der Waals surface area contributed by atoms with Gasteiger partial charge in [-0.15, -0.1) is 0 Å². The molecule has 2 amide bonds. The molecule has 3 aromatic carbocycles. The van der Waals surface area contributed by atoms with Crippen molar-refractivity contribution < 1.29 is 27.1 Å². The summed E-state index contributed by atoms with van der Waals surface area (Å²) >= 11 is 6.19. The molecule has 0 aliphatic heterocycles. The summed E-state index contributed by atoms with van der Waals surface area (Å²) in [5.41, 5.74) is 0.781. The molecule has 11 heteroatoms. The van der Waals surface area contributed by atoms with E-state index in [4.69, 9.17) is 16.3 Å². The van der Waals surface area contributed by atoms with Gasteiger partial charge in [0.2, 0.25) is 11.8 Å². The third-order valence-corrected chi connectivity index (χ3v) is 9.25. The number of anilines is 1. The zero-order chi connectivity index (χ0) is 30.3. The quantitative estimate of drug-likeness (QED) is 0.288. The number of carbonyl (C=O) groups is 2. The highest BCUT2D eigenvalue weighted by atomic mass is 35.5. The predicted molar refractivity (Wildman–Crippen MR) is 160 cm³/mol. The van der Waals surface area contributed by atoms with Gasteiger partial charge >= 0.3 is 0 Å². The Morgan fingerprint density at radius 2 is 1.71 bits per heavy atom. The fourth-order valence-corrected chi connectivity index (χ4v) is 6.57. The van der Waals surface area contributed by atoms with Gasteiger partial charge in [-0.05, 0) is 92.9 Å². The lowest BCUT2D eigenvalue weighted by Crippen LogP contribution is -2.52. The molecule has 8 nitrogen and oxygen atoms in total. The Morgan fingerprint density at radius 3 is 2.33 bits per heavy atom. The number of amides is 2. The molecule has 0 heterocycles. The molecule has 1 N–H and O–H groups in total. The molecule has 1 fully saturated rings. The molecule has 4 rings (SSSR count). The van der Waals surface area contributed by atoms with E-state index in [-0.39, 0.29) is 29.1 Å². The van der Waals surface area contributed by atoms with Gasteiger partial charge in [0, 0.05) is 17.6 Å². The molecule has 1 atom stereocenters. The molecule has 1 saturated carbocycles. The van der Waals surface area contributed by atoms with Gasteiger partial charge in [-0.25, -0.2) is 12.8 Å². The normalized spacial score (nSPS) is 14.3. The summed E-state index contributed by atoms with van der Waals surface area (Å²) in [6.45, 7) is 3.26. The van der Waals surface area contributed by atoms with Gasteiger partial charge in [-0.2, -0.15) is 0 Å². The third kappa shape index (κ3) is 7.80. The van der Waals surface area contributed by atoms with Crippen molar-refractivity contribution in [3.05, 3.63) is 89.2 Å². The first-order chi connectivity index (χ1) is 20.1. The summed E-state index contributed by atoms with van der Waals surface area (Å²) in [5, 5.41) is 3.50. The van der Waals surface area contributed by atoms with Crippen LogP contribution in [0.1, 0.15) is 45.1 Å². The molecule has 224 valence electrons. The molecule has 0 aromatic heterocycles. The number of nitrogens with zero attached hydrogens (tertiary/aromatic N) is 2. The van der Waals surface area contributed by atoms with Gasteiger partial charge in [0.15, 0.2) is 0 Å². The lowest BCUT2D eigenvalue weighted by Gasteiger charge is -2.32. The smallest absolute Gasteiger partial charge is 0.264 e. The van der Waals surface area contributed by atoms with E-state index in [1.54, 1.807) is 31.2 Å². The summed E-state index contributed by atoms with van der Waals surface area (Å²) in [7, 11) is -4.29. The van der Waals surface area contributed by atoms with Gasteiger partial charge in [0.25, 0.3) is 10.0 Å². The summed E-state index contributed by atoms with van der Waals surface area (Å²) in [4.78, 5) is 28.6. The molecule has 1 aliphatic rings. The number of rotatable bonds is 12. The predicted octanol–water partition coefficient (Wildman–Crippen LogP) is 5.55. The summed E-state index contributed by atoms with van der Waals surface area (Å²) in [5.74, 6) is -0.984. The fourth-order valence-electron chi connectivity index (χ4n) is 4.94. The Bertz CT molecular complexity index is 1480. The molecule has 42 heavy (non-hydrogen) atoms. The van der Waals surface area contributed by atoms with E-state index < -0.39 is 34.3 Å². The molecular weight excluding hydrogens is 581 g/mol. The van der Waals surface area contributed by atoms with Crippen molar-refractivity contribution in [2.45, 2.75) is 63.1 Å². The minimum Gasteiger partial charge on any atom is -0.494 e. The van der Waals surface area contributed by atoms with Crippen LogP contribution in [0, 0.1) is 5.82 Å². The van der Waals surface area contributed by atoms with Crippen LogP contribution in [0.3, 0.4) is 0 Å². The number of nitrogens with one attached hydrogen (secondary N) is 1. The van der Waals surface area contributed by atoms with Crippen LogP contribution >= 0.6 is 11.6 Å². The van der Waals surface area contributed by atoms with Crippen molar-refractivity contribution in [2.24, 2.45) is 0 Å². The second kappa shape index (κ2) is 14.0. The van der Waals surface area contributed by atoms with Crippen molar-refractivity contribution in [3.63, 3.8) is 0 Å². The van der Waals surface area contributed by atoms with Crippen molar-refractivity contribution in [1.82, 2.24) is 10.2 Å². The van der Waals surface area contributed by atoms with E-state index in [1.807, 2.05) is 6.92 Å². The lowest BCUT2D eigenvalue weighted by molar-refractivity contribution is -0.139. The Labute approximate surface area is 251 Å². The molecule has 0 radical (unpaired) electrons. The van der Waals surface area contributed by atoms with Crippen LogP contribution in [-0.4, -0.2) is 50.4 Å². The first-order valence-corrected chi connectivity index (χ1v) is 15.8. The topological polar surface area (TPSA) is 96.0 Å². The highest BCUT2D eigenvalue weighted by molar-refractivity contribution is 7.92. The number of halogens is 2. The maximum Gasteiger partial charge on any atom is 0.264 e. The monoisotopic (exact) mass is 615 g/mol. The molecule has 0 bridgehead atoms. The number of hydrogen-bond donors (Lipinski definition) is 1. The van der Waals surface area contributed by atoms with Crippen molar-refractivity contribution in [1.29, 1.82) is 0 Å². The maximum atomic E-state index is 14.0. The average molecular weight is 616 g/mol. The minimum absolute atomic E-state index is 0.0268. The van der Waals surface area contributed by atoms with Crippen molar-refractivity contribution >= 4 is 39.1 Å². The number of ether oxygens (including phenoxy) is 1. The van der Waals surface area contributed by atoms with E-state index in [0.29, 0.717) is 22.9 Å². The minimum atomic E-state index is -4.29. The number of benzene rings is 3. The van der Waals surface area contributed by atoms with E-state index in [9.17, 15) is 22.4 Å². The van der Waals surface area contributed by atoms with Crippen LogP contribution in [0.4, 0.5) is 10.1 Å². The first-order valence-electron chi connectivity index (χ1n) is 13.9. The maximum absolute atomic E-state index is 14.0. The van der Waals surface area contributed by atoms with Gasteiger partial charge < -0.3 is 15.0 Å². The standard InChI is InChI=1S/C31H35ClFN3O5S/c1-3-41-28-15-17-29(18-16-28)42(39,40)36(27-13-11-25(33)12-14-27)21-30(37)35(20-23-7-6-8-24(32)19-23)22(2)31(38)34-26-9-4-5-10-26/h6-8,11-19,22,26H,3-5,9-10,20-21H2,1-2H3,(H,34,38)/t22-/m1/s1. The molecule has 3 aromatic rings. The number of hydrogen-bond acceptors (Lipinski definition) is 5. The average Bonchev–Trinajstić information content (AvgIpc) is 3.48. The summed E-state index contributed by atoms with van der Waals surface area (Å²) in [6.07, 6.45) is 3.81. The third-order valence-electron chi connectivity index (χ3n) is 7.23. The van der Waals surface area contributed by atoms with E-state index in [0.717, 1.165) is 42.1 Å². The van der Waals surface area contributed by atoms with Crippen LogP contribution in [-0.2, 0) is 26.2 Å². The van der Waals surface area contributed by atoms with Crippen molar-refractivity contribution in [3.8, 4) is 5.75 Å². The Kier molecular flexibility index (Phi) is 10.5. The van der Waals surface area contributed by atoms with Gasteiger partial charge in [0.05, 0.1) is 17.2 Å². The van der Waals surface area contributed by atoms with Crippen LogP contribution in [0.15, 0.2) is 77.7 Å². The first kappa shape index (κ1) is 31.3. The molecule has 0 unspecified atom stereocenters. The molecule has 0 spiro atoms. The van der Waals surface area contributed by atoms with Gasteiger partial charge in [0.1, 0.15) is 24.2 Å². The zero-order valence-electron chi connectivity index (χ0n) is 23.6. The van der Waals surface area contributed by atoms with Gasteiger partial charge in [-0.1, -0.05) is 36.6 Å². The Hall–Kier alpha value is -3.63. The van der Waals surface area contributed by atoms with E-state index in [1.165, 1.54) is 41.3 Å². The summed E-state index contributed by atoms with van der Waals surface area (Å²) < 4.78 is 48.0. The summed E-state index contributed by atoms with van der Waals surface area (Å²) in [6, 6.07) is 16.7. The lowest BCUT2D eigenvalue weighted by atomic mass is 10.1. The Balaban J connectivity index is 1.67. The number of sulfonamides is 1. The van der Waals surface area contributed by atoms with Crippen LogP contribution in [0.5, 0.6) is 5.75 Å². The SMILES string of the molecule is CCOc1ccc(S(=O)(=O)N(CC(=O)N(Cc2cccc(Cl)c2)[C@H](C)C(=O)NC2CCCC2)c2ccc(F)cc2)cc1. The van der Waals surface area contributed by atoms with Gasteiger partial charge in [-0.3, -0.25) is 13.9 Å². The highest BCUT2D eigenvalue weighted by Gasteiger charge is 2.33. The fraction of sp³-hybridized carbons (Fsp3) is 0.355. The van der Waals surface area contributed by atoms with E-state index >= 15 is 0 Å². The largest absolute Gasteiger partial charge is 0.494 e. The van der Waals surface area contributed by atoms with Crippen LogP contribution in [0.25, 0.3) is 0 Å². The second-order valence-corrected chi connectivity index (χ2v) is 12.5. The molecular formula is C31H35ClFN3O5S. The second-order valence-electron chi connectivity index (χ2n) is 10.2. The molecule has 1 aliphatic carbocycles. The Morgan fingerprint density at radius 1 is 1.05 bits per heavy atom. The number of carbonyl (C=O) groups excluding carboxylic acids is 2. The van der Waals surface area contributed by atoms with Crippen LogP contribution in [0.2, 0.25) is 5.02 Å².